The minimum Gasteiger partial charge on any atom is -0.386 e. The van der Waals surface area contributed by atoms with Crippen molar-refractivity contribution >= 4 is 0 Å². The maximum Gasteiger partial charge on any atom is 0.0280 e. The fourth-order valence-electron chi connectivity index (χ4n) is 1.25. The molecule has 0 aromatic heterocycles. The van der Waals surface area contributed by atoms with Gasteiger partial charge in [-0.05, 0) is 18.8 Å². The van der Waals surface area contributed by atoms with Crippen LogP contribution >= 0.6 is 0 Å². The molecule has 0 aromatic carbocycles. The zero-order valence-corrected chi connectivity index (χ0v) is 8.98. The van der Waals surface area contributed by atoms with E-state index >= 15 is 0 Å². The normalized spacial score (nSPS) is 13.1. The van der Waals surface area contributed by atoms with Gasteiger partial charge in [-0.3, -0.25) is 0 Å². The van der Waals surface area contributed by atoms with E-state index in [1.54, 1.807) is 0 Å². The molecule has 1 N–H and O–H groups in total. The zero-order chi connectivity index (χ0) is 9.56. The van der Waals surface area contributed by atoms with Crippen molar-refractivity contribution in [3.8, 4) is 0 Å². The first-order valence-corrected chi connectivity index (χ1v) is 5.06. The molecule has 72 valence electrons. The number of allylic oxidation sites excluding steroid dienone is 1. The maximum absolute atomic E-state index is 3.97. The summed E-state index contributed by atoms with van der Waals surface area (Å²) in [5, 5.41) is 3.47. The lowest BCUT2D eigenvalue weighted by Gasteiger charge is -2.23. The molecular formula is C11H23N. The van der Waals surface area contributed by atoms with Crippen LogP contribution in [0.2, 0.25) is 0 Å². The summed E-state index contributed by atoms with van der Waals surface area (Å²) < 4.78 is 0. The van der Waals surface area contributed by atoms with Gasteiger partial charge in [-0.25, -0.2) is 0 Å². The van der Waals surface area contributed by atoms with E-state index in [-0.39, 0.29) is 0 Å². The Morgan fingerprint density at radius 1 is 1.33 bits per heavy atom. The topological polar surface area (TPSA) is 12.0 Å². The van der Waals surface area contributed by atoms with E-state index < -0.39 is 0 Å². The molecule has 1 nitrogen and oxygen atoms in total. The summed E-state index contributed by atoms with van der Waals surface area (Å²) >= 11 is 0. The Kier molecular flexibility index (Phi) is 5.87. The van der Waals surface area contributed by atoms with Crippen LogP contribution in [0.1, 0.15) is 47.0 Å². The Labute approximate surface area is 77.2 Å². The minimum atomic E-state index is 0.613. The largest absolute Gasteiger partial charge is 0.386 e. The molecule has 1 heteroatoms. The summed E-state index contributed by atoms with van der Waals surface area (Å²) in [5.74, 6) is 0.702. The Morgan fingerprint density at radius 2 is 1.92 bits per heavy atom. The standard InChI is InChI=1S/C11H23N/c1-6-8-11(9(3)4)12-10(5)7-2/h9,11-12H,5-8H2,1-4H3. The molecular weight excluding hydrogens is 146 g/mol. The van der Waals surface area contributed by atoms with Gasteiger partial charge >= 0.3 is 0 Å². The lowest BCUT2D eigenvalue weighted by molar-refractivity contribution is 0.399. The summed E-state index contributed by atoms with van der Waals surface area (Å²) in [6, 6.07) is 0.613. The molecule has 0 aromatic rings. The van der Waals surface area contributed by atoms with Crippen molar-refractivity contribution in [2.45, 2.75) is 53.0 Å². The first-order valence-electron chi connectivity index (χ1n) is 5.06. The van der Waals surface area contributed by atoms with E-state index in [0.717, 1.165) is 6.42 Å². The molecule has 12 heavy (non-hydrogen) atoms. The van der Waals surface area contributed by atoms with Crippen molar-refractivity contribution in [1.29, 1.82) is 0 Å². The fourth-order valence-corrected chi connectivity index (χ4v) is 1.25. The predicted molar refractivity (Wildman–Crippen MR) is 56.1 cm³/mol. The van der Waals surface area contributed by atoms with Crippen LogP contribution in [0.25, 0.3) is 0 Å². The Balaban J connectivity index is 3.86. The van der Waals surface area contributed by atoms with Crippen molar-refractivity contribution in [3.63, 3.8) is 0 Å². The molecule has 0 bridgehead atoms. The summed E-state index contributed by atoms with van der Waals surface area (Å²) in [4.78, 5) is 0. The maximum atomic E-state index is 3.97. The third-order valence-electron chi connectivity index (χ3n) is 2.22. The van der Waals surface area contributed by atoms with Gasteiger partial charge in [0.1, 0.15) is 0 Å². The predicted octanol–water partition coefficient (Wildman–Crippen LogP) is 3.32. The first kappa shape index (κ1) is 11.5. The van der Waals surface area contributed by atoms with Gasteiger partial charge in [0.15, 0.2) is 0 Å². The second-order valence-corrected chi connectivity index (χ2v) is 3.74. The van der Waals surface area contributed by atoms with Crippen LogP contribution in [0.5, 0.6) is 0 Å². The molecule has 0 spiro atoms. The monoisotopic (exact) mass is 169 g/mol. The van der Waals surface area contributed by atoms with Crippen LogP contribution in [-0.4, -0.2) is 6.04 Å². The molecule has 0 aliphatic heterocycles. The lowest BCUT2D eigenvalue weighted by Crippen LogP contribution is -2.32. The molecule has 0 saturated heterocycles. The van der Waals surface area contributed by atoms with E-state index in [4.69, 9.17) is 0 Å². The third-order valence-corrected chi connectivity index (χ3v) is 2.22. The van der Waals surface area contributed by atoms with Crippen LogP contribution < -0.4 is 5.32 Å². The highest BCUT2D eigenvalue weighted by Gasteiger charge is 2.11. The van der Waals surface area contributed by atoms with Gasteiger partial charge < -0.3 is 5.32 Å². The molecule has 0 aliphatic carbocycles. The fraction of sp³-hybridized carbons (Fsp3) is 0.818. The second kappa shape index (κ2) is 6.10. The highest BCUT2D eigenvalue weighted by atomic mass is 14.9. The van der Waals surface area contributed by atoms with Crippen molar-refractivity contribution in [3.05, 3.63) is 12.3 Å². The summed E-state index contributed by atoms with van der Waals surface area (Å²) in [6.07, 6.45) is 3.52. The highest BCUT2D eigenvalue weighted by Crippen LogP contribution is 2.10. The van der Waals surface area contributed by atoms with Crippen molar-refractivity contribution < 1.29 is 0 Å². The van der Waals surface area contributed by atoms with Crippen LogP contribution in [0, 0.1) is 5.92 Å². The average Bonchev–Trinajstić information content (AvgIpc) is 2.03. The van der Waals surface area contributed by atoms with E-state index in [2.05, 4.69) is 39.6 Å². The number of hydrogen-bond donors (Lipinski definition) is 1. The Hall–Kier alpha value is -0.460. The van der Waals surface area contributed by atoms with Crippen LogP contribution in [-0.2, 0) is 0 Å². The van der Waals surface area contributed by atoms with Gasteiger partial charge in [0.05, 0.1) is 0 Å². The van der Waals surface area contributed by atoms with E-state index in [1.165, 1.54) is 18.5 Å². The molecule has 1 atom stereocenters. The zero-order valence-electron chi connectivity index (χ0n) is 8.98. The van der Waals surface area contributed by atoms with Crippen molar-refractivity contribution in [2.24, 2.45) is 5.92 Å². The van der Waals surface area contributed by atoms with Gasteiger partial charge in [0, 0.05) is 11.7 Å². The third kappa shape index (κ3) is 4.42. The van der Waals surface area contributed by atoms with Gasteiger partial charge in [-0.2, -0.15) is 0 Å². The number of rotatable bonds is 6. The average molecular weight is 169 g/mol. The van der Waals surface area contributed by atoms with Crippen LogP contribution in [0.3, 0.4) is 0 Å². The van der Waals surface area contributed by atoms with Crippen LogP contribution in [0.15, 0.2) is 12.3 Å². The molecule has 0 saturated carbocycles. The van der Waals surface area contributed by atoms with Crippen LogP contribution in [0.4, 0.5) is 0 Å². The minimum absolute atomic E-state index is 0.613. The van der Waals surface area contributed by atoms with Crippen molar-refractivity contribution in [1.82, 2.24) is 5.32 Å². The van der Waals surface area contributed by atoms with Gasteiger partial charge in [0.25, 0.3) is 0 Å². The smallest absolute Gasteiger partial charge is 0.0280 e. The summed E-state index contributed by atoms with van der Waals surface area (Å²) in [7, 11) is 0. The quantitative estimate of drug-likeness (QED) is 0.643. The molecule has 0 fully saturated rings. The highest BCUT2D eigenvalue weighted by molar-refractivity contribution is 4.93. The number of nitrogens with one attached hydrogen (secondary N) is 1. The molecule has 0 heterocycles. The van der Waals surface area contributed by atoms with E-state index in [1.807, 2.05) is 0 Å². The number of hydrogen-bond acceptors (Lipinski definition) is 1. The first-order chi connectivity index (χ1) is 5.61. The molecule has 0 aliphatic rings. The lowest BCUT2D eigenvalue weighted by atomic mass is 9.99. The molecule has 0 rings (SSSR count). The Morgan fingerprint density at radius 3 is 2.25 bits per heavy atom. The van der Waals surface area contributed by atoms with Gasteiger partial charge in [-0.15, -0.1) is 0 Å². The summed E-state index contributed by atoms with van der Waals surface area (Å²) in [6.45, 7) is 12.9. The van der Waals surface area contributed by atoms with Gasteiger partial charge in [-0.1, -0.05) is 40.7 Å². The SMILES string of the molecule is C=C(CC)NC(CCC)C(C)C. The van der Waals surface area contributed by atoms with Crippen molar-refractivity contribution in [2.75, 3.05) is 0 Å². The summed E-state index contributed by atoms with van der Waals surface area (Å²) in [5.41, 5.74) is 1.17. The Bertz CT molecular complexity index is 127. The van der Waals surface area contributed by atoms with E-state index in [0.29, 0.717) is 12.0 Å². The second-order valence-electron chi connectivity index (χ2n) is 3.74. The molecule has 1 unspecified atom stereocenters. The molecule has 0 amide bonds. The van der Waals surface area contributed by atoms with E-state index in [9.17, 15) is 0 Å². The molecule has 0 radical (unpaired) electrons. The van der Waals surface area contributed by atoms with Gasteiger partial charge in [0.2, 0.25) is 0 Å².